The summed E-state index contributed by atoms with van der Waals surface area (Å²) in [4.78, 5) is 30.3. The molecule has 0 aliphatic carbocycles. The summed E-state index contributed by atoms with van der Waals surface area (Å²) < 4.78 is 7.13. The Balaban J connectivity index is 1.67. The number of nitrogens with zero attached hydrogens (tertiary/aromatic N) is 4. The van der Waals surface area contributed by atoms with Gasteiger partial charge in [-0.1, -0.05) is 30.3 Å². The van der Waals surface area contributed by atoms with Gasteiger partial charge in [0.05, 0.1) is 23.4 Å². The summed E-state index contributed by atoms with van der Waals surface area (Å²) in [7, 11) is 3.83. The monoisotopic (exact) mass is 482 g/mol. The molecule has 188 valence electrons. The maximum absolute atomic E-state index is 12.2. The molecule has 0 saturated heterocycles. The van der Waals surface area contributed by atoms with Crippen molar-refractivity contribution in [2.75, 3.05) is 25.5 Å². The lowest BCUT2D eigenvalue weighted by Gasteiger charge is -2.24. The highest BCUT2D eigenvalue weighted by atomic mass is 16.6. The molecule has 0 fully saturated rings. The van der Waals surface area contributed by atoms with Crippen LogP contribution in [0.2, 0.25) is 0 Å². The zero-order valence-electron chi connectivity index (χ0n) is 20.9. The number of likely N-dealkylation sites (N-methyl/N-ethyl adjacent to an activating group) is 1. The van der Waals surface area contributed by atoms with E-state index in [0.717, 1.165) is 35.1 Å². The van der Waals surface area contributed by atoms with Crippen molar-refractivity contribution in [2.24, 2.45) is 7.05 Å². The molecule has 0 saturated carbocycles. The van der Waals surface area contributed by atoms with Crippen LogP contribution in [0, 0.1) is 0 Å². The summed E-state index contributed by atoms with van der Waals surface area (Å²) in [5, 5.41) is 19.8. The predicted molar refractivity (Wildman–Crippen MR) is 135 cm³/mol. The Morgan fingerprint density at radius 3 is 2.60 bits per heavy atom. The van der Waals surface area contributed by atoms with E-state index in [9.17, 15) is 14.7 Å². The van der Waals surface area contributed by atoms with E-state index >= 15 is 0 Å². The van der Waals surface area contributed by atoms with Crippen LogP contribution in [0.25, 0.3) is 10.9 Å². The Kier molecular flexibility index (Phi) is 8.29. The maximum Gasteiger partial charge on any atom is 0.413 e. The molecular formula is C25H34N6O4. The van der Waals surface area contributed by atoms with Gasteiger partial charge in [-0.25, -0.2) is 14.6 Å². The lowest BCUT2D eigenvalue weighted by molar-refractivity contribution is 0.0635. The van der Waals surface area contributed by atoms with Crippen LogP contribution in [0.1, 0.15) is 44.5 Å². The van der Waals surface area contributed by atoms with Crippen molar-refractivity contribution in [3.63, 3.8) is 0 Å². The molecule has 10 heteroatoms. The summed E-state index contributed by atoms with van der Waals surface area (Å²) >= 11 is 0. The van der Waals surface area contributed by atoms with E-state index < -0.39 is 17.8 Å². The molecular weight excluding hydrogens is 448 g/mol. The Morgan fingerprint density at radius 1 is 1.23 bits per heavy atom. The first-order chi connectivity index (χ1) is 16.5. The van der Waals surface area contributed by atoms with E-state index in [4.69, 9.17) is 4.74 Å². The lowest BCUT2D eigenvalue weighted by Crippen LogP contribution is -2.36. The number of amides is 2. The van der Waals surface area contributed by atoms with Gasteiger partial charge in [-0.05, 0) is 58.8 Å². The van der Waals surface area contributed by atoms with Crippen LogP contribution in [0.3, 0.4) is 0 Å². The number of rotatable bonds is 9. The second kappa shape index (κ2) is 11.2. The number of pyridine rings is 1. The minimum atomic E-state index is -1.05. The van der Waals surface area contributed by atoms with Crippen molar-refractivity contribution >= 4 is 28.9 Å². The molecule has 0 bridgehead atoms. The van der Waals surface area contributed by atoms with Gasteiger partial charge in [0.15, 0.2) is 0 Å². The average Bonchev–Trinajstić information content (AvgIpc) is 3.13. The molecule has 3 N–H and O–H groups in total. The number of benzene rings is 1. The van der Waals surface area contributed by atoms with Crippen LogP contribution in [-0.4, -0.2) is 62.7 Å². The summed E-state index contributed by atoms with van der Waals surface area (Å²) in [5.74, 6) is 0.415. The number of aryl methyl sites for hydroxylation is 2. The Hall–Kier alpha value is -3.66. The lowest BCUT2D eigenvalue weighted by atomic mass is 10.1. The number of hydrogen-bond donors (Lipinski definition) is 3. The van der Waals surface area contributed by atoms with Gasteiger partial charge in [-0.3, -0.25) is 10.00 Å². The molecule has 0 radical (unpaired) electrons. The Bertz CT molecular complexity index is 1160. The van der Waals surface area contributed by atoms with Crippen molar-refractivity contribution in [1.82, 2.24) is 25.0 Å². The fourth-order valence-electron chi connectivity index (χ4n) is 3.93. The zero-order chi connectivity index (χ0) is 25.6. The second-order valence-corrected chi connectivity index (χ2v) is 9.57. The molecule has 0 spiro atoms. The summed E-state index contributed by atoms with van der Waals surface area (Å²) in [6.45, 7) is 6.68. The van der Waals surface area contributed by atoms with Gasteiger partial charge < -0.3 is 20.1 Å². The van der Waals surface area contributed by atoms with E-state index in [1.807, 2.05) is 44.4 Å². The third-order valence-electron chi connectivity index (χ3n) is 5.36. The number of nitrogens with one attached hydrogen (secondary N) is 2. The number of anilines is 1. The summed E-state index contributed by atoms with van der Waals surface area (Å²) in [6.07, 6.45) is 1.58. The topological polar surface area (TPSA) is 122 Å². The van der Waals surface area contributed by atoms with E-state index in [0.29, 0.717) is 18.8 Å². The molecule has 1 unspecified atom stereocenters. The van der Waals surface area contributed by atoms with Gasteiger partial charge >= 0.3 is 12.2 Å². The minimum Gasteiger partial charge on any atom is -0.465 e. The van der Waals surface area contributed by atoms with Crippen LogP contribution in [0.5, 0.6) is 0 Å². The van der Waals surface area contributed by atoms with Gasteiger partial charge in [0.1, 0.15) is 11.4 Å². The summed E-state index contributed by atoms with van der Waals surface area (Å²) in [6, 6.07) is 11.0. The van der Waals surface area contributed by atoms with Gasteiger partial charge in [-0.2, -0.15) is 5.10 Å². The van der Waals surface area contributed by atoms with E-state index in [2.05, 4.69) is 25.6 Å². The first-order valence-electron chi connectivity index (χ1n) is 11.6. The molecule has 35 heavy (non-hydrogen) atoms. The molecule has 2 aromatic heterocycles. The predicted octanol–water partition coefficient (Wildman–Crippen LogP) is 4.19. The van der Waals surface area contributed by atoms with Crippen molar-refractivity contribution in [3.05, 3.63) is 53.9 Å². The van der Waals surface area contributed by atoms with Crippen LogP contribution in [0.4, 0.5) is 15.4 Å². The molecule has 0 aliphatic heterocycles. The van der Waals surface area contributed by atoms with E-state index in [1.165, 1.54) is 0 Å². The van der Waals surface area contributed by atoms with Crippen LogP contribution < -0.4 is 10.6 Å². The highest BCUT2D eigenvalue weighted by molar-refractivity contribution is 5.89. The third kappa shape index (κ3) is 7.68. The third-order valence-corrected chi connectivity index (χ3v) is 5.36. The Morgan fingerprint density at radius 2 is 1.94 bits per heavy atom. The number of carbonyl (C=O) groups excluding carboxylic acids is 1. The SMILES string of the molecule is CN(CCCc1nc(NC(=O)OC(C)(C)C)cc2cnn(C)c12)CC(NC(=O)O)c1ccccc1. The highest BCUT2D eigenvalue weighted by Crippen LogP contribution is 2.22. The fourth-order valence-corrected chi connectivity index (χ4v) is 3.93. The molecule has 1 atom stereocenters. The number of hydrogen-bond acceptors (Lipinski definition) is 6. The summed E-state index contributed by atoms with van der Waals surface area (Å²) in [5.41, 5.74) is 2.05. The van der Waals surface area contributed by atoms with Gasteiger partial charge in [0, 0.05) is 19.0 Å². The van der Waals surface area contributed by atoms with Gasteiger partial charge in [0.25, 0.3) is 0 Å². The normalized spacial score (nSPS) is 12.5. The quantitative estimate of drug-likeness (QED) is 0.418. The first-order valence-corrected chi connectivity index (χ1v) is 11.6. The van der Waals surface area contributed by atoms with Crippen molar-refractivity contribution in [2.45, 2.75) is 45.3 Å². The minimum absolute atomic E-state index is 0.332. The number of carboxylic acid groups (broad SMARTS) is 1. The molecule has 3 rings (SSSR count). The molecule has 2 heterocycles. The van der Waals surface area contributed by atoms with Gasteiger partial charge in [-0.15, -0.1) is 0 Å². The van der Waals surface area contributed by atoms with Crippen LogP contribution in [0.15, 0.2) is 42.6 Å². The van der Waals surface area contributed by atoms with Crippen molar-refractivity contribution < 1.29 is 19.4 Å². The van der Waals surface area contributed by atoms with E-state index in [1.54, 1.807) is 37.7 Å². The molecule has 10 nitrogen and oxygen atoms in total. The van der Waals surface area contributed by atoms with Crippen LogP contribution >= 0.6 is 0 Å². The zero-order valence-corrected chi connectivity index (χ0v) is 20.9. The first kappa shape index (κ1) is 26.0. The number of ether oxygens (including phenoxy) is 1. The van der Waals surface area contributed by atoms with Crippen LogP contribution in [-0.2, 0) is 18.2 Å². The number of aromatic nitrogens is 3. The highest BCUT2D eigenvalue weighted by Gasteiger charge is 2.19. The van der Waals surface area contributed by atoms with Crippen molar-refractivity contribution in [1.29, 1.82) is 0 Å². The van der Waals surface area contributed by atoms with Gasteiger partial charge in [0.2, 0.25) is 0 Å². The number of fused-ring (bicyclic) bond motifs is 1. The van der Waals surface area contributed by atoms with Crippen molar-refractivity contribution in [3.8, 4) is 0 Å². The standard InChI is InChI=1S/C25H34N6O4/c1-25(2,3)35-24(34)29-21-14-18-15-26-31(5)22(18)19(27-21)12-9-13-30(4)16-20(28-23(32)33)17-10-7-6-8-11-17/h6-8,10-11,14-15,20,28H,9,12-13,16H2,1-5H3,(H,32,33)(H,27,29,34). The largest absolute Gasteiger partial charge is 0.465 e. The fraction of sp³-hybridized carbons (Fsp3) is 0.440. The molecule has 3 aromatic rings. The smallest absolute Gasteiger partial charge is 0.413 e. The van der Waals surface area contributed by atoms with E-state index in [-0.39, 0.29) is 6.04 Å². The average molecular weight is 483 g/mol. The second-order valence-electron chi connectivity index (χ2n) is 9.57. The molecule has 1 aromatic carbocycles. The Labute approximate surface area is 205 Å². The molecule has 2 amide bonds. The number of carbonyl (C=O) groups is 2. The maximum atomic E-state index is 12.2. The molecule has 0 aliphatic rings.